The third-order valence-corrected chi connectivity index (χ3v) is 2.25. The minimum atomic E-state index is 0.594. The number of hydrogen-bond acceptors (Lipinski definition) is 3. The van der Waals surface area contributed by atoms with Crippen LogP contribution in [0, 0.1) is 0 Å². The van der Waals surface area contributed by atoms with Crippen molar-refractivity contribution in [1.82, 2.24) is 10.2 Å². The van der Waals surface area contributed by atoms with Gasteiger partial charge in [-0.1, -0.05) is 0 Å². The molecule has 0 saturated heterocycles. The van der Waals surface area contributed by atoms with Crippen molar-refractivity contribution in [3.05, 3.63) is 0 Å². The molecule has 70 valence electrons. The molecule has 0 fully saturated rings. The van der Waals surface area contributed by atoms with Gasteiger partial charge in [0, 0.05) is 19.1 Å². The summed E-state index contributed by atoms with van der Waals surface area (Å²) < 4.78 is 0. The van der Waals surface area contributed by atoms with Gasteiger partial charge in [0.1, 0.15) is 5.84 Å². The van der Waals surface area contributed by atoms with Crippen LogP contribution in [0.3, 0.4) is 0 Å². The quantitative estimate of drug-likeness (QED) is 0.674. The first kappa shape index (κ1) is 9.52. The lowest BCUT2D eigenvalue weighted by atomic mass is 10.3. The Kier molecular flexibility index (Phi) is 3.53. The SMILES string of the molecule is CC(C)N(C)CC1=NCCCN1. The zero-order chi connectivity index (χ0) is 8.97. The molecule has 0 saturated carbocycles. The summed E-state index contributed by atoms with van der Waals surface area (Å²) in [6, 6.07) is 0.594. The van der Waals surface area contributed by atoms with E-state index in [-0.39, 0.29) is 0 Å². The van der Waals surface area contributed by atoms with Crippen LogP contribution in [-0.2, 0) is 0 Å². The fourth-order valence-electron chi connectivity index (χ4n) is 1.11. The van der Waals surface area contributed by atoms with E-state index in [2.05, 4.69) is 36.1 Å². The van der Waals surface area contributed by atoms with Gasteiger partial charge in [0.2, 0.25) is 0 Å². The van der Waals surface area contributed by atoms with E-state index in [9.17, 15) is 0 Å². The fraction of sp³-hybridized carbons (Fsp3) is 0.889. The summed E-state index contributed by atoms with van der Waals surface area (Å²) in [5, 5.41) is 3.31. The van der Waals surface area contributed by atoms with Gasteiger partial charge in [-0.15, -0.1) is 0 Å². The van der Waals surface area contributed by atoms with E-state index in [4.69, 9.17) is 0 Å². The summed E-state index contributed by atoms with van der Waals surface area (Å²) in [5.41, 5.74) is 0. The summed E-state index contributed by atoms with van der Waals surface area (Å²) in [7, 11) is 2.13. The molecule has 1 aliphatic rings. The third kappa shape index (κ3) is 2.81. The Morgan fingerprint density at radius 2 is 2.33 bits per heavy atom. The van der Waals surface area contributed by atoms with Gasteiger partial charge in [-0.05, 0) is 27.3 Å². The van der Waals surface area contributed by atoms with Gasteiger partial charge in [0.25, 0.3) is 0 Å². The van der Waals surface area contributed by atoms with Gasteiger partial charge >= 0.3 is 0 Å². The van der Waals surface area contributed by atoms with Crippen LogP contribution in [0.5, 0.6) is 0 Å². The van der Waals surface area contributed by atoms with Crippen molar-refractivity contribution in [3.63, 3.8) is 0 Å². The zero-order valence-electron chi connectivity index (χ0n) is 8.30. The molecule has 0 amide bonds. The number of hydrogen-bond donors (Lipinski definition) is 1. The van der Waals surface area contributed by atoms with Gasteiger partial charge in [0.15, 0.2) is 0 Å². The maximum absolute atomic E-state index is 4.42. The van der Waals surface area contributed by atoms with Crippen LogP contribution in [0.4, 0.5) is 0 Å². The van der Waals surface area contributed by atoms with Gasteiger partial charge in [-0.2, -0.15) is 0 Å². The lowest BCUT2D eigenvalue weighted by molar-refractivity contribution is 0.308. The molecular formula is C9H19N3. The molecule has 0 spiro atoms. The maximum Gasteiger partial charge on any atom is 0.111 e. The molecule has 0 atom stereocenters. The van der Waals surface area contributed by atoms with Crippen LogP contribution in [0.25, 0.3) is 0 Å². The summed E-state index contributed by atoms with van der Waals surface area (Å²) >= 11 is 0. The summed E-state index contributed by atoms with van der Waals surface area (Å²) in [6.07, 6.45) is 1.18. The average molecular weight is 169 g/mol. The highest BCUT2D eigenvalue weighted by atomic mass is 15.2. The van der Waals surface area contributed by atoms with Gasteiger partial charge in [-0.3, -0.25) is 9.89 Å². The number of nitrogens with zero attached hydrogens (tertiary/aromatic N) is 2. The average Bonchev–Trinajstić information content (AvgIpc) is 2.06. The number of likely N-dealkylation sites (N-methyl/N-ethyl adjacent to an activating group) is 1. The van der Waals surface area contributed by atoms with E-state index >= 15 is 0 Å². The third-order valence-electron chi connectivity index (χ3n) is 2.25. The van der Waals surface area contributed by atoms with E-state index < -0.39 is 0 Å². The Bertz CT molecular complexity index is 163. The molecule has 0 radical (unpaired) electrons. The lowest BCUT2D eigenvalue weighted by Crippen LogP contribution is -2.40. The molecule has 12 heavy (non-hydrogen) atoms. The number of rotatable bonds is 3. The highest BCUT2D eigenvalue weighted by Crippen LogP contribution is 1.96. The predicted molar refractivity (Wildman–Crippen MR) is 52.7 cm³/mol. The van der Waals surface area contributed by atoms with Crippen molar-refractivity contribution in [2.75, 3.05) is 26.7 Å². The summed E-state index contributed by atoms with van der Waals surface area (Å²) in [6.45, 7) is 7.43. The van der Waals surface area contributed by atoms with Crippen molar-refractivity contribution in [1.29, 1.82) is 0 Å². The van der Waals surface area contributed by atoms with Crippen LogP contribution in [0.1, 0.15) is 20.3 Å². The topological polar surface area (TPSA) is 27.6 Å². The highest BCUT2D eigenvalue weighted by molar-refractivity contribution is 5.84. The lowest BCUT2D eigenvalue weighted by Gasteiger charge is -2.24. The Balaban J connectivity index is 2.34. The van der Waals surface area contributed by atoms with E-state index in [1.165, 1.54) is 6.42 Å². The van der Waals surface area contributed by atoms with E-state index in [1.54, 1.807) is 0 Å². The summed E-state index contributed by atoms with van der Waals surface area (Å²) in [5.74, 6) is 1.15. The van der Waals surface area contributed by atoms with Crippen LogP contribution in [0.2, 0.25) is 0 Å². The number of nitrogens with one attached hydrogen (secondary N) is 1. The van der Waals surface area contributed by atoms with Crippen molar-refractivity contribution in [2.24, 2.45) is 4.99 Å². The molecule has 0 bridgehead atoms. The highest BCUT2D eigenvalue weighted by Gasteiger charge is 2.08. The van der Waals surface area contributed by atoms with E-state index in [0.717, 1.165) is 25.5 Å². The van der Waals surface area contributed by atoms with Gasteiger partial charge in [-0.25, -0.2) is 0 Å². The molecule has 0 aromatic rings. The van der Waals surface area contributed by atoms with Crippen molar-refractivity contribution >= 4 is 5.84 Å². The van der Waals surface area contributed by atoms with Gasteiger partial charge in [0.05, 0.1) is 6.54 Å². The van der Waals surface area contributed by atoms with Crippen LogP contribution < -0.4 is 5.32 Å². The van der Waals surface area contributed by atoms with Crippen molar-refractivity contribution in [3.8, 4) is 0 Å². The Morgan fingerprint density at radius 3 is 2.83 bits per heavy atom. The predicted octanol–water partition coefficient (Wildman–Crippen LogP) is 0.718. The molecule has 3 nitrogen and oxygen atoms in total. The smallest absolute Gasteiger partial charge is 0.111 e. The van der Waals surface area contributed by atoms with Crippen molar-refractivity contribution in [2.45, 2.75) is 26.3 Å². The molecule has 0 aromatic heterocycles. The first-order valence-corrected chi connectivity index (χ1v) is 4.67. The Labute approximate surface area is 74.9 Å². The molecule has 1 heterocycles. The number of amidine groups is 1. The van der Waals surface area contributed by atoms with Crippen molar-refractivity contribution < 1.29 is 0 Å². The molecule has 3 heteroatoms. The largest absolute Gasteiger partial charge is 0.373 e. The first-order chi connectivity index (χ1) is 5.70. The van der Waals surface area contributed by atoms with E-state index in [1.807, 2.05) is 0 Å². The van der Waals surface area contributed by atoms with Gasteiger partial charge < -0.3 is 5.32 Å². The van der Waals surface area contributed by atoms with Crippen LogP contribution >= 0.6 is 0 Å². The monoisotopic (exact) mass is 169 g/mol. The molecular weight excluding hydrogens is 150 g/mol. The molecule has 0 aliphatic carbocycles. The second kappa shape index (κ2) is 4.45. The molecule has 0 aromatic carbocycles. The van der Waals surface area contributed by atoms with Crippen LogP contribution in [-0.4, -0.2) is 43.5 Å². The normalized spacial score (nSPS) is 17.9. The second-order valence-corrected chi connectivity index (χ2v) is 3.62. The Hall–Kier alpha value is -0.570. The second-order valence-electron chi connectivity index (χ2n) is 3.62. The molecule has 0 unspecified atom stereocenters. The summed E-state index contributed by atoms with van der Waals surface area (Å²) in [4.78, 5) is 6.70. The standard InChI is InChI=1S/C9H19N3/c1-8(2)12(3)7-9-10-5-4-6-11-9/h8H,4-7H2,1-3H3,(H,10,11). The fourth-order valence-corrected chi connectivity index (χ4v) is 1.11. The maximum atomic E-state index is 4.42. The minimum absolute atomic E-state index is 0.594. The number of aliphatic imine (C=N–C) groups is 1. The van der Waals surface area contributed by atoms with Crippen LogP contribution in [0.15, 0.2) is 4.99 Å². The first-order valence-electron chi connectivity index (χ1n) is 4.67. The minimum Gasteiger partial charge on any atom is -0.373 e. The Morgan fingerprint density at radius 1 is 1.58 bits per heavy atom. The molecule has 1 aliphatic heterocycles. The zero-order valence-corrected chi connectivity index (χ0v) is 8.30. The van der Waals surface area contributed by atoms with E-state index in [0.29, 0.717) is 6.04 Å². The molecule has 1 N–H and O–H groups in total. The molecule has 1 rings (SSSR count).